The molecule has 1 aromatic heterocycles. The van der Waals surface area contributed by atoms with Crippen molar-refractivity contribution in [3.8, 4) is 5.75 Å². The Hall–Kier alpha value is -3.16. The number of esters is 1. The number of aromatic nitrogens is 1. The predicted octanol–water partition coefficient (Wildman–Crippen LogP) is 2.71. The number of hydrogen-bond donors (Lipinski definition) is 1. The number of carbonyl (C=O) groups excluding carboxylic acids is 2. The van der Waals surface area contributed by atoms with Crippen molar-refractivity contribution in [2.24, 2.45) is 0 Å². The fraction of sp³-hybridized carbons (Fsp3) is 0.235. The van der Waals surface area contributed by atoms with Crippen molar-refractivity contribution in [1.82, 2.24) is 5.16 Å². The van der Waals surface area contributed by atoms with Gasteiger partial charge in [0.2, 0.25) is 0 Å². The number of carbonyl (C=O) groups is 2. The molecule has 0 fully saturated rings. The topological polar surface area (TPSA) is 90.7 Å². The lowest BCUT2D eigenvalue weighted by Gasteiger charge is -2.10. The van der Waals surface area contributed by atoms with Gasteiger partial charge in [0.1, 0.15) is 5.76 Å². The highest BCUT2D eigenvalue weighted by atomic mass is 19.1. The van der Waals surface area contributed by atoms with Gasteiger partial charge in [0.25, 0.3) is 5.91 Å². The number of amides is 1. The van der Waals surface area contributed by atoms with Crippen LogP contribution in [0.25, 0.3) is 6.08 Å². The molecule has 0 aliphatic rings. The number of anilines is 1. The molecule has 8 heteroatoms. The van der Waals surface area contributed by atoms with Crippen LogP contribution in [0.4, 0.5) is 10.2 Å². The molecule has 0 aliphatic carbocycles. The quantitative estimate of drug-likeness (QED) is 0.638. The second kappa shape index (κ2) is 8.09. The Morgan fingerprint density at radius 1 is 1.36 bits per heavy atom. The molecule has 0 radical (unpaired) electrons. The van der Waals surface area contributed by atoms with E-state index in [1.165, 1.54) is 38.3 Å². The van der Waals surface area contributed by atoms with Crippen molar-refractivity contribution in [3.63, 3.8) is 0 Å². The first-order chi connectivity index (χ1) is 11.9. The highest BCUT2D eigenvalue weighted by Gasteiger charge is 2.18. The summed E-state index contributed by atoms with van der Waals surface area (Å²) >= 11 is 0. The van der Waals surface area contributed by atoms with Crippen LogP contribution < -0.4 is 10.1 Å². The Balaban J connectivity index is 1.90. The molecule has 2 aromatic rings. The second-order valence-corrected chi connectivity index (χ2v) is 5.12. The van der Waals surface area contributed by atoms with Crippen molar-refractivity contribution in [2.75, 3.05) is 12.4 Å². The van der Waals surface area contributed by atoms with Gasteiger partial charge in [-0.3, -0.25) is 4.79 Å². The van der Waals surface area contributed by atoms with Crippen LogP contribution in [0.5, 0.6) is 5.75 Å². The third-order valence-corrected chi connectivity index (χ3v) is 3.13. The number of ether oxygens (including phenoxy) is 2. The normalized spacial score (nSPS) is 12.0. The number of benzene rings is 1. The molecule has 0 bridgehead atoms. The maximum atomic E-state index is 13.6. The van der Waals surface area contributed by atoms with E-state index in [1.54, 1.807) is 13.0 Å². The molecule has 1 aromatic carbocycles. The number of nitrogens with one attached hydrogen (secondary N) is 1. The van der Waals surface area contributed by atoms with E-state index in [1.807, 2.05) is 0 Å². The van der Waals surface area contributed by atoms with Gasteiger partial charge >= 0.3 is 5.97 Å². The molecule has 132 valence electrons. The summed E-state index contributed by atoms with van der Waals surface area (Å²) < 4.78 is 28.2. The van der Waals surface area contributed by atoms with E-state index in [2.05, 4.69) is 10.5 Å². The third kappa shape index (κ3) is 5.17. The molecule has 1 atom stereocenters. The summed E-state index contributed by atoms with van der Waals surface area (Å²) in [7, 11) is 1.36. The van der Waals surface area contributed by atoms with E-state index in [0.717, 1.165) is 6.08 Å². The summed E-state index contributed by atoms with van der Waals surface area (Å²) in [5, 5.41) is 6.06. The molecular formula is C17H17FN2O5. The summed E-state index contributed by atoms with van der Waals surface area (Å²) in [6.07, 6.45) is 1.43. The lowest BCUT2D eigenvalue weighted by molar-refractivity contribution is -0.148. The number of aryl methyl sites for hydroxylation is 1. The fourth-order valence-corrected chi connectivity index (χ4v) is 1.87. The van der Waals surface area contributed by atoms with Gasteiger partial charge in [-0.2, -0.15) is 0 Å². The number of halogens is 1. The van der Waals surface area contributed by atoms with Crippen LogP contribution in [-0.2, 0) is 14.3 Å². The first-order valence-electron chi connectivity index (χ1n) is 7.35. The van der Waals surface area contributed by atoms with Crippen LogP contribution in [0.2, 0.25) is 0 Å². The van der Waals surface area contributed by atoms with Crippen LogP contribution in [0.15, 0.2) is 34.9 Å². The standard InChI is InChI=1S/C17H17FN2O5/c1-10-8-15(20-25-10)19-17(22)11(2)24-16(21)7-5-12-4-6-14(23-3)13(18)9-12/h4-9,11H,1-3H3,(H,19,20,22)/b7-5+/t11-/m1/s1. The van der Waals surface area contributed by atoms with E-state index in [0.29, 0.717) is 11.3 Å². The zero-order valence-corrected chi connectivity index (χ0v) is 13.9. The van der Waals surface area contributed by atoms with E-state index in [4.69, 9.17) is 14.0 Å². The first-order valence-corrected chi connectivity index (χ1v) is 7.35. The predicted molar refractivity (Wildman–Crippen MR) is 87.4 cm³/mol. The van der Waals surface area contributed by atoms with E-state index < -0.39 is 23.8 Å². The van der Waals surface area contributed by atoms with Gasteiger partial charge in [-0.15, -0.1) is 0 Å². The van der Waals surface area contributed by atoms with Gasteiger partial charge in [0.05, 0.1) is 7.11 Å². The maximum absolute atomic E-state index is 13.6. The third-order valence-electron chi connectivity index (χ3n) is 3.13. The van der Waals surface area contributed by atoms with Crippen LogP contribution >= 0.6 is 0 Å². The Kier molecular flexibility index (Phi) is 5.89. The Morgan fingerprint density at radius 3 is 2.72 bits per heavy atom. The van der Waals surface area contributed by atoms with Crippen LogP contribution in [-0.4, -0.2) is 30.2 Å². The molecule has 0 spiro atoms. The lowest BCUT2D eigenvalue weighted by atomic mass is 10.2. The van der Waals surface area contributed by atoms with Gasteiger partial charge in [-0.1, -0.05) is 11.2 Å². The molecule has 0 aliphatic heterocycles. The van der Waals surface area contributed by atoms with Crippen molar-refractivity contribution in [3.05, 3.63) is 47.5 Å². The SMILES string of the molecule is COc1ccc(/C=C/C(=O)O[C@H](C)C(=O)Nc2cc(C)on2)cc1F. The van der Waals surface area contributed by atoms with E-state index in [9.17, 15) is 14.0 Å². The maximum Gasteiger partial charge on any atom is 0.331 e. The summed E-state index contributed by atoms with van der Waals surface area (Å²) in [5.41, 5.74) is 0.449. The molecule has 7 nitrogen and oxygen atoms in total. The van der Waals surface area contributed by atoms with E-state index in [-0.39, 0.29) is 11.6 Å². The highest BCUT2D eigenvalue weighted by Crippen LogP contribution is 2.18. The molecular weight excluding hydrogens is 331 g/mol. The average Bonchev–Trinajstić information content (AvgIpc) is 2.98. The molecule has 0 saturated carbocycles. The Morgan fingerprint density at radius 2 is 2.12 bits per heavy atom. The van der Waals surface area contributed by atoms with Gasteiger partial charge in [-0.05, 0) is 37.6 Å². The highest BCUT2D eigenvalue weighted by molar-refractivity contribution is 5.96. The molecule has 25 heavy (non-hydrogen) atoms. The number of rotatable bonds is 6. The monoisotopic (exact) mass is 348 g/mol. The van der Waals surface area contributed by atoms with Crippen molar-refractivity contribution in [1.29, 1.82) is 0 Å². The average molecular weight is 348 g/mol. The van der Waals surface area contributed by atoms with Gasteiger partial charge in [0, 0.05) is 12.1 Å². The molecule has 0 saturated heterocycles. The van der Waals surface area contributed by atoms with Crippen LogP contribution in [0.1, 0.15) is 18.2 Å². The lowest BCUT2D eigenvalue weighted by Crippen LogP contribution is -2.29. The fourth-order valence-electron chi connectivity index (χ4n) is 1.87. The minimum Gasteiger partial charge on any atom is -0.494 e. The molecule has 0 unspecified atom stereocenters. The van der Waals surface area contributed by atoms with Crippen molar-refractivity contribution >= 4 is 23.8 Å². The largest absolute Gasteiger partial charge is 0.494 e. The smallest absolute Gasteiger partial charge is 0.331 e. The Labute approximate surface area is 143 Å². The molecule has 1 heterocycles. The van der Waals surface area contributed by atoms with Gasteiger partial charge in [0.15, 0.2) is 23.5 Å². The summed E-state index contributed by atoms with van der Waals surface area (Å²) in [5.74, 6) is -0.966. The van der Waals surface area contributed by atoms with Gasteiger partial charge in [-0.25, -0.2) is 9.18 Å². The summed E-state index contributed by atoms with van der Waals surface area (Å²) in [6, 6.07) is 5.77. The molecule has 1 amide bonds. The zero-order valence-electron chi connectivity index (χ0n) is 13.9. The number of methoxy groups -OCH3 is 1. The van der Waals surface area contributed by atoms with Crippen molar-refractivity contribution < 1.29 is 28.0 Å². The minimum absolute atomic E-state index is 0.105. The summed E-state index contributed by atoms with van der Waals surface area (Å²) in [6.45, 7) is 3.10. The molecule has 1 N–H and O–H groups in total. The molecule has 2 rings (SSSR count). The number of nitrogens with zero attached hydrogens (tertiary/aromatic N) is 1. The Bertz CT molecular complexity index is 800. The summed E-state index contributed by atoms with van der Waals surface area (Å²) in [4.78, 5) is 23.6. The first kappa shape index (κ1) is 18.2. The second-order valence-electron chi connectivity index (χ2n) is 5.12. The zero-order chi connectivity index (χ0) is 18.4. The number of hydrogen-bond acceptors (Lipinski definition) is 6. The van der Waals surface area contributed by atoms with Gasteiger partial charge < -0.3 is 19.3 Å². The van der Waals surface area contributed by atoms with Crippen molar-refractivity contribution in [2.45, 2.75) is 20.0 Å². The van der Waals surface area contributed by atoms with Crippen LogP contribution in [0.3, 0.4) is 0 Å². The van der Waals surface area contributed by atoms with E-state index >= 15 is 0 Å². The minimum atomic E-state index is -1.04. The van der Waals surface area contributed by atoms with Crippen LogP contribution in [0, 0.1) is 12.7 Å².